The lowest BCUT2D eigenvalue weighted by Gasteiger charge is -2.49. The van der Waals surface area contributed by atoms with Gasteiger partial charge in [-0.15, -0.1) is 0 Å². The van der Waals surface area contributed by atoms with Gasteiger partial charge in [0.1, 0.15) is 0 Å². The summed E-state index contributed by atoms with van der Waals surface area (Å²) in [6, 6.07) is 0. The summed E-state index contributed by atoms with van der Waals surface area (Å²) < 4.78 is 11.4. The van der Waals surface area contributed by atoms with Gasteiger partial charge in [-0.1, -0.05) is 41.5 Å². The highest BCUT2D eigenvalue weighted by Gasteiger charge is 2.43. The Morgan fingerprint density at radius 3 is 1.33 bits per heavy atom. The molecule has 0 aromatic heterocycles. The smallest absolute Gasteiger partial charge is 0.0636 e. The molecule has 2 saturated heterocycles. The summed E-state index contributed by atoms with van der Waals surface area (Å²) in [7, 11) is 0. The van der Waals surface area contributed by atoms with Crippen LogP contribution >= 0.6 is 0 Å². The van der Waals surface area contributed by atoms with Crippen LogP contribution in [0.1, 0.15) is 94.9 Å². The van der Waals surface area contributed by atoms with Crippen molar-refractivity contribution in [3.63, 3.8) is 0 Å². The summed E-state index contributed by atoms with van der Waals surface area (Å²) in [6.07, 6.45) is 4.87. The second-order valence-electron chi connectivity index (χ2n) is 11.3. The fourth-order valence-corrected chi connectivity index (χ4v) is 4.27. The second-order valence-corrected chi connectivity index (χ2v) is 11.3. The molecule has 0 aromatic carbocycles. The SMILES string of the molecule is CC(C)(C)C1CCOCC1.CC1(C)CC(C(C)(C)C)CC(C)(C)O1. The van der Waals surface area contributed by atoms with Gasteiger partial charge in [0.15, 0.2) is 0 Å². The van der Waals surface area contributed by atoms with Gasteiger partial charge in [0.25, 0.3) is 0 Å². The largest absolute Gasteiger partial charge is 0.381 e. The van der Waals surface area contributed by atoms with Gasteiger partial charge in [-0.25, -0.2) is 0 Å². The van der Waals surface area contributed by atoms with E-state index in [9.17, 15) is 0 Å². The number of hydrogen-bond acceptors (Lipinski definition) is 2. The molecule has 0 spiro atoms. The molecule has 24 heavy (non-hydrogen) atoms. The molecule has 0 aromatic rings. The zero-order chi connectivity index (χ0) is 18.8. The van der Waals surface area contributed by atoms with E-state index in [1.807, 2.05) is 0 Å². The van der Waals surface area contributed by atoms with E-state index < -0.39 is 0 Å². The Balaban J connectivity index is 0.000000254. The molecule has 0 aliphatic carbocycles. The predicted molar refractivity (Wildman–Crippen MR) is 104 cm³/mol. The molecule has 2 heteroatoms. The van der Waals surface area contributed by atoms with E-state index in [1.165, 1.54) is 25.7 Å². The van der Waals surface area contributed by atoms with Gasteiger partial charge in [-0.3, -0.25) is 0 Å². The average Bonchev–Trinajstić information content (AvgIpc) is 2.35. The third kappa shape index (κ3) is 7.44. The summed E-state index contributed by atoms with van der Waals surface area (Å²) in [6.45, 7) is 24.8. The molecule has 2 heterocycles. The fourth-order valence-electron chi connectivity index (χ4n) is 4.27. The van der Waals surface area contributed by atoms with Crippen molar-refractivity contribution >= 4 is 0 Å². The van der Waals surface area contributed by atoms with Gasteiger partial charge in [-0.2, -0.15) is 0 Å². The Hall–Kier alpha value is -0.0800. The molecule has 0 unspecified atom stereocenters. The normalized spacial score (nSPS) is 25.8. The lowest BCUT2D eigenvalue weighted by atomic mass is 9.68. The first kappa shape index (κ1) is 22.0. The van der Waals surface area contributed by atoms with Crippen molar-refractivity contribution in [3.05, 3.63) is 0 Å². The molecular weight excluding hydrogens is 296 g/mol. The molecule has 0 radical (unpaired) electrons. The van der Waals surface area contributed by atoms with Crippen LogP contribution in [-0.2, 0) is 9.47 Å². The van der Waals surface area contributed by atoms with Crippen LogP contribution in [0.2, 0.25) is 0 Å². The summed E-state index contributed by atoms with van der Waals surface area (Å²) in [5.74, 6) is 1.64. The molecule has 2 rings (SSSR count). The van der Waals surface area contributed by atoms with Gasteiger partial charge in [0.05, 0.1) is 11.2 Å². The lowest BCUT2D eigenvalue weighted by Crippen LogP contribution is -2.48. The summed E-state index contributed by atoms with van der Waals surface area (Å²) >= 11 is 0. The summed E-state index contributed by atoms with van der Waals surface area (Å²) in [5.41, 5.74) is 0.974. The van der Waals surface area contributed by atoms with E-state index in [1.54, 1.807) is 0 Å². The molecule has 2 aliphatic rings. The number of rotatable bonds is 0. The van der Waals surface area contributed by atoms with E-state index in [-0.39, 0.29) is 11.2 Å². The van der Waals surface area contributed by atoms with Crippen LogP contribution in [0.3, 0.4) is 0 Å². The van der Waals surface area contributed by atoms with E-state index in [2.05, 4.69) is 69.2 Å². The Kier molecular flexibility index (Phi) is 7.01. The van der Waals surface area contributed by atoms with Gasteiger partial charge in [0, 0.05) is 13.2 Å². The first-order valence-electron chi connectivity index (χ1n) is 9.90. The zero-order valence-electron chi connectivity index (χ0n) is 18.2. The van der Waals surface area contributed by atoms with Crippen molar-refractivity contribution in [2.75, 3.05) is 13.2 Å². The lowest BCUT2D eigenvalue weighted by molar-refractivity contribution is -0.185. The maximum absolute atomic E-state index is 6.09. The van der Waals surface area contributed by atoms with Crippen molar-refractivity contribution in [1.29, 1.82) is 0 Å². The van der Waals surface area contributed by atoms with Crippen LogP contribution in [0.4, 0.5) is 0 Å². The van der Waals surface area contributed by atoms with E-state index >= 15 is 0 Å². The maximum atomic E-state index is 6.09. The zero-order valence-corrected chi connectivity index (χ0v) is 18.2. The Morgan fingerprint density at radius 2 is 1.04 bits per heavy atom. The molecule has 144 valence electrons. The van der Waals surface area contributed by atoms with Crippen LogP contribution in [0.25, 0.3) is 0 Å². The van der Waals surface area contributed by atoms with Crippen molar-refractivity contribution in [3.8, 4) is 0 Å². The van der Waals surface area contributed by atoms with Gasteiger partial charge in [-0.05, 0) is 76.0 Å². The third-order valence-electron chi connectivity index (χ3n) is 5.70. The average molecular weight is 341 g/mol. The van der Waals surface area contributed by atoms with Crippen molar-refractivity contribution < 1.29 is 9.47 Å². The van der Waals surface area contributed by atoms with Crippen LogP contribution in [0, 0.1) is 22.7 Å². The van der Waals surface area contributed by atoms with E-state index in [4.69, 9.17) is 9.47 Å². The van der Waals surface area contributed by atoms with Crippen LogP contribution in [0.15, 0.2) is 0 Å². The van der Waals surface area contributed by atoms with Crippen molar-refractivity contribution in [2.45, 2.75) is 106 Å². The Bertz CT molecular complexity index is 360. The predicted octanol–water partition coefficient (Wildman–Crippen LogP) is 6.48. The molecule has 0 saturated carbocycles. The standard InChI is InChI=1S/C13H26O.C9H18O/c1-11(2,3)10-8-12(4,5)14-13(6,7)9-10;1-9(2,3)8-4-6-10-7-5-8/h10H,8-9H2,1-7H3;8H,4-7H2,1-3H3. The minimum absolute atomic E-state index is 0.0414. The monoisotopic (exact) mass is 340 g/mol. The molecule has 0 N–H and O–H groups in total. The minimum atomic E-state index is 0.0414. The van der Waals surface area contributed by atoms with Gasteiger partial charge >= 0.3 is 0 Å². The van der Waals surface area contributed by atoms with Crippen LogP contribution < -0.4 is 0 Å². The molecule has 0 amide bonds. The van der Waals surface area contributed by atoms with Gasteiger partial charge < -0.3 is 9.47 Å². The highest BCUT2D eigenvalue weighted by atomic mass is 16.5. The quantitative estimate of drug-likeness (QED) is 0.502. The second kappa shape index (κ2) is 7.66. The minimum Gasteiger partial charge on any atom is -0.381 e. The highest BCUT2D eigenvalue weighted by Crippen LogP contribution is 2.45. The van der Waals surface area contributed by atoms with E-state index in [0.29, 0.717) is 10.8 Å². The number of hydrogen-bond donors (Lipinski definition) is 0. The van der Waals surface area contributed by atoms with Gasteiger partial charge in [0.2, 0.25) is 0 Å². The van der Waals surface area contributed by atoms with Crippen molar-refractivity contribution in [1.82, 2.24) is 0 Å². The third-order valence-corrected chi connectivity index (χ3v) is 5.70. The first-order chi connectivity index (χ1) is 10.6. The molecule has 2 aliphatic heterocycles. The van der Waals surface area contributed by atoms with Crippen molar-refractivity contribution in [2.24, 2.45) is 22.7 Å². The molecule has 2 nitrogen and oxygen atoms in total. The Labute approximate surface area is 152 Å². The summed E-state index contributed by atoms with van der Waals surface area (Å²) in [4.78, 5) is 0. The maximum Gasteiger partial charge on any atom is 0.0636 e. The molecule has 2 fully saturated rings. The number of ether oxygens (including phenoxy) is 2. The molecule has 0 bridgehead atoms. The fraction of sp³-hybridized carbons (Fsp3) is 1.00. The van der Waals surface area contributed by atoms with Crippen LogP contribution in [0.5, 0.6) is 0 Å². The Morgan fingerprint density at radius 1 is 0.667 bits per heavy atom. The van der Waals surface area contributed by atoms with E-state index in [0.717, 1.165) is 25.0 Å². The molecule has 0 atom stereocenters. The highest BCUT2D eigenvalue weighted by molar-refractivity contribution is 4.92. The first-order valence-corrected chi connectivity index (χ1v) is 9.90. The summed E-state index contributed by atoms with van der Waals surface area (Å²) in [5, 5.41) is 0. The topological polar surface area (TPSA) is 18.5 Å². The molecular formula is C22H44O2. The van der Waals surface area contributed by atoms with Crippen LogP contribution in [-0.4, -0.2) is 24.4 Å².